The molecule has 1 aromatic heterocycles. The first-order valence-electron chi connectivity index (χ1n) is 7.53. The zero-order valence-corrected chi connectivity index (χ0v) is 12.3. The van der Waals surface area contributed by atoms with E-state index in [9.17, 15) is 4.79 Å². The molecule has 0 bridgehead atoms. The maximum Gasteiger partial charge on any atom is 0.227 e. The lowest BCUT2D eigenvalue weighted by Crippen LogP contribution is -2.33. The second kappa shape index (κ2) is 5.52. The molecule has 1 aromatic rings. The molecule has 0 unspecified atom stereocenters. The number of hydrogen-bond acceptors (Lipinski definition) is 3. The van der Waals surface area contributed by atoms with Gasteiger partial charge in [-0.1, -0.05) is 13.8 Å². The van der Waals surface area contributed by atoms with Crippen molar-refractivity contribution in [1.29, 1.82) is 0 Å². The van der Waals surface area contributed by atoms with E-state index in [0.29, 0.717) is 17.7 Å². The van der Waals surface area contributed by atoms with E-state index in [0.717, 1.165) is 32.7 Å². The lowest BCUT2D eigenvalue weighted by molar-refractivity contribution is -0.131. The fourth-order valence-corrected chi connectivity index (χ4v) is 3.55. The van der Waals surface area contributed by atoms with Crippen LogP contribution in [-0.2, 0) is 11.3 Å². The summed E-state index contributed by atoms with van der Waals surface area (Å²) in [5.41, 5.74) is 1.17. The zero-order valence-electron chi connectivity index (χ0n) is 12.3. The molecule has 0 radical (unpaired) electrons. The van der Waals surface area contributed by atoms with Crippen LogP contribution >= 0.6 is 0 Å². The number of likely N-dealkylation sites (tertiary alicyclic amines) is 2. The molecule has 2 fully saturated rings. The topological polar surface area (TPSA) is 36.4 Å². The van der Waals surface area contributed by atoms with Crippen molar-refractivity contribution in [2.24, 2.45) is 17.8 Å². The van der Waals surface area contributed by atoms with Gasteiger partial charge in [0.2, 0.25) is 5.91 Å². The van der Waals surface area contributed by atoms with Crippen LogP contribution in [-0.4, -0.2) is 46.9 Å². The minimum atomic E-state index is 0.232. The van der Waals surface area contributed by atoms with Crippen LogP contribution in [0.3, 0.4) is 0 Å². The number of aromatic nitrogens is 1. The molecule has 20 heavy (non-hydrogen) atoms. The van der Waals surface area contributed by atoms with Gasteiger partial charge in [0.05, 0.1) is 5.92 Å². The highest BCUT2D eigenvalue weighted by Crippen LogP contribution is 2.33. The molecule has 3 heterocycles. The van der Waals surface area contributed by atoms with Gasteiger partial charge >= 0.3 is 0 Å². The molecular weight excluding hydrogens is 250 g/mol. The van der Waals surface area contributed by atoms with Crippen molar-refractivity contribution >= 4 is 5.91 Å². The van der Waals surface area contributed by atoms with Crippen molar-refractivity contribution in [1.82, 2.24) is 14.8 Å². The lowest BCUT2D eigenvalue weighted by Gasteiger charge is -2.22. The monoisotopic (exact) mass is 273 g/mol. The summed E-state index contributed by atoms with van der Waals surface area (Å²) in [6.45, 7) is 9.29. The van der Waals surface area contributed by atoms with E-state index in [4.69, 9.17) is 0 Å². The van der Waals surface area contributed by atoms with Gasteiger partial charge in [-0.2, -0.15) is 0 Å². The molecule has 2 saturated heterocycles. The van der Waals surface area contributed by atoms with E-state index in [1.165, 1.54) is 5.56 Å². The molecule has 4 heteroatoms. The molecule has 2 atom stereocenters. The third kappa shape index (κ3) is 2.70. The van der Waals surface area contributed by atoms with Gasteiger partial charge in [0.25, 0.3) is 0 Å². The summed E-state index contributed by atoms with van der Waals surface area (Å²) in [6, 6.07) is 3.99. The van der Waals surface area contributed by atoms with E-state index in [-0.39, 0.29) is 5.92 Å². The first-order chi connectivity index (χ1) is 9.63. The summed E-state index contributed by atoms with van der Waals surface area (Å²) in [5.74, 6) is 1.79. The second-order valence-corrected chi connectivity index (χ2v) is 6.55. The van der Waals surface area contributed by atoms with Gasteiger partial charge in [0.15, 0.2) is 0 Å². The number of pyridine rings is 1. The van der Waals surface area contributed by atoms with E-state index in [1.54, 1.807) is 12.4 Å². The van der Waals surface area contributed by atoms with Crippen molar-refractivity contribution in [2.75, 3.05) is 26.2 Å². The third-order valence-electron chi connectivity index (χ3n) is 4.35. The van der Waals surface area contributed by atoms with Gasteiger partial charge in [-0.15, -0.1) is 0 Å². The summed E-state index contributed by atoms with van der Waals surface area (Å²) >= 11 is 0. The molecule has 3 rings (SSSR count). The number of carbonyl (C=O) groups is 1. The molecule has 1 amide bonds. The number of nitrogens with zero attached hydrogens (tertiary/aromatic N) is 3. The molecule has 2 aliphatic rings. The number of carbonyl (C=O) groups excluding carboxylic acids is 1. The van der Waals surface area contributed by atoms with Crippen LogP contribution in [0.2, 0.25) is 0 Å². The molecule has 0 aromatic carbocycles. The Morgan fingerprint density at radius 2 is 2.00 bits per heavy atom. The molecule has 0 spiro atoms. The Balaban J connectivity index is 1.60. The van der Waals surface area contributed by atoms with Crippen molar-refractivity contribution in [3.8, 4) is 0 Å². The third-order valence-corrected chi connectivity index (χ3v) is 4.35. The van der Waals surface area contributed by atoms with Gasteiger partial charge in [0, 0.05) is 51.0 Å². The Kier molecular flexibility index (Phi) is 3.74. The Morgan fingerprint density at radius 1 is 1.25 bits per heavy atom. The van der Waals surface area contributed by atoms with Crippen molar-refractivity contribution in [3.63, 3.8) is 0 Å². The Morgan fingerprint density at radius 3 is 2.65 bits per heavy atom. The number of fused-ring (bicyclic) bond motifs is 1. The molecule has 4 nitrogen and oxygen atoms in total. The maximum atomic E-state index is 12.5. The fraction of sp³-hybridized carbons (Fsp3) is 0.625. The van der Waals surface area contributed by atoms with Gasteiger partial charge in [-0.25, -0.2) is 0 Å². The molecule has 2 aliphatic heterocycles. The van der Waals surface area contributed by atoms with E-state index in [1.807, 2.05) is 17.0 Å². The Labute approximate surface area is 120 Å². The van der Waals surface area contributed by atoms with Crippen LogP contribution in [0.25, 0.3) is 0 Å². The maximum absolute atomic E-state index is 12.5. The highest BCUT2D eigenvalue weighted by molar-refractivity contribution is 5.82. The fourth-order valence-electron chi connectivity index (χ4n) is 3.55. The van der Waals surface area contributed by atoms with Gasteiger partial charge in [-0.05, 0) is 23.6 Å². The average molecular weight is 273 g/mol. The quantitative estimate of drug-likeness (QED) is 0.836. The molecule has 0 aliphatic carbocycles. The van der Waals surface area contributed by atoms with Crippen LogP contribution in [0, 0.1) is 17.8 Å². The first kappa shape index (κ1) is 13.6. The highest BCUT2D eigenvalue weighted by atomic mass is 16.2. The number of hydrogen-bond donors (Lipinski definition) is 0. The van der Waals surface area contributed by atoms with Crippen LogP contribution in [0.1, 0.15) is 19.4 Å². The normalized spacial score (nSPS) is 26.6. The predicted octanol–water partition coefficient (Wildman–Crippen LogP) is 1.63. The lowest BCUT2D eigenvalue weighted by atomic mass is 10.0. The second-order valence-electron chi connectivity index (χ2n) is 6.55. The Bertz CT molecular complexity index is 474. The van der Waals surface area contributed by atoms with Gasteiger partial charge < -0.3 is 9.80 Å². The molecule has 0 N–H and O–H groups in total. The van der Waals surface area contributed by atoms with Crippen LogP contribution in [0.15, 0.2) is 24.5 Å². The smallest absolute Gasteiger partial charge is 0.227 e. The summed E-state index contributed by atoms with van der Waals surface area (Å²) in [4.78, 5) is 21.0. The van der Waals surface area contributed by atoms with Crippen molar-refractivity contribution < 1.29 is 4.79 Å². The summed E-state index contributed by atoms with van der Waals surface area (Å²) < 4.78 is 0. The Hall–Kier alpha value is -1.42. The van der Waals surface area contributed by atoms with Crippen molar-refractivity contribution in [2.45, 2.75) is 20.4 Å². The van der Waals surface area contributed by atoms with E-state index < -0.39 is 0 Å². The minimum absolute atomic E-state index is 0.232. The molecule has 108 valence electrons. The standard InChI is InChI=1S/C16H23N3O/c1-12(2)7-18-9-14-10-19(16(20)15(14)11-18)8-13-3-5-17-6-4-13/h3-6,12,14-15H,7-11H2,1-2H3/t14-,15-/m0/s1. The van der Waals surface area contributed by atoms with Crippen molar-refractivity contribution in [3.05, 3.63) is 30.1 Å². The van der Waals surface area contributed by atoms with E-state index in [2.05, 4.69) is 23.7 Å². The minimum Gasteiger partial charge on any atom is -0.338 e. The van der Waals surface area contributed by atoms with Crippen LogP contribution in [0.4, 0.5) is 0 Å². The predicted molar refractivity (Wildman–Crippen MR) is 77.9 cm³/mol. The molecular formula is C16H23N3O. The zero-order chi connectivity index (χ0) is 14.1. The molecule has 0 saturated carbocycles. The van der Waals surface area contributed by atoms with E-state index >= 15 is 0 Å². The SMILES string of the molecule is CC(C)CN1C[C@H]2CN(Cc3ccncc3)C(=O)[C@H]2C1. The number of rotatable bonds is 4. The average Bonchev–Trinajstić information content (AvgIpc) is 2.91. The first-order valence-corrected chi connectivity index (χ1v) is 7.53. The largest absolute Gasteiger partial charge is 0.338 e. The van der Waals surface area contributed by atoms with Gasteiger partial charge in [0.1, 0.15) is 0 Å². The summed E-state index contributed by atoms with van der Waals surface area (Å²) in [5, 5.41) is 0. The van der Waals surface area contributed by atoms with Gasteiger partial charge in [-0.3, -0.25) is 9.78 Å². The number of amides is 1. The highest BCUT2D eigenvalue weighted by Gasteiger charge is 2.45. The van der Waals surface area contributed by atoms with Crippen LogP contribution < -0.4 is 0 Å². The van der Waals surface area contributed by atoms with Crippen LogP contribution in [0.5, 0.6) is 0 Å². The summed E-state index contributed by atoms with van der Waals surface area (Å²) in [6.07, 6.45) is 3.59. The summed E-state index contributed by atoms with van der Waals surface area (Å²) in [7, 11) is 0.